The molecule has 3 aromatic carbocycles. The van der Waals surface area contributed by atoms with Crippen LogP contribution in [0.15, 0.2) is 78.9 Å². The predicted molar refractivity (Wildman–Crippen MR) is 110 cm³/mol. The number of hydrogen-bond donors (Lipinski definition) is 0. The van der Waals surface area contributed by atoms with E-state index in [0.29, 0.717) is 42.9 Å². The Labute approximate surface area is 169 Å². The van der Waals surface area contributed by atoms with Gasteiger partial charge in [-0.1, -0.05) is 54.6 Å². The molecule has 0 aromatic heterocycles. The first-order chi connectivity index (χ1) is 14.1. The summed E-state index contributed by atoms with van der Waals surface area (Å²) in [6.45, 7) is 1.75. The van der Waals surface area contributed by atoms with E-state index >= 15 is 0 Å². The second kappa shape index (κ2) is 8.27. The van der Waals surface area contributed by atoms with Crippen molar-refractivity contribution in [1.82, 2.24) is 9.80 Å². The Morgan fingerprint density at radius 1 is 0.690 bits per heavy atom. The van der Waals surface area contributed by atoms with Crippen LogP contribution in [0, 0.1) is 5.82 Å². The lowest BCUT2D eigenvalue weighted by atomic mass is 9.98. The van der Waals surface area contributed by atoms with Gasteiger partial charge in [0.1, 0.15) is 5.82 Å². The predicted octanol–water partition coefficient (Wildman–Crippen LogP) is 4.09. The summed E-state index contributed by atoms with van der Waals surface area (Å²) >= 11 is 0. The van der Waals surface area contributed by atoms with Gasteiger partial charge in [0.2, 0.25) is 0 Å². The number of nitrogens with zero attached hydrogens (tertiary/aromatic N) is 2. The first-order valence-corrected chi connectivity index (χ1v) is 9.62. The quantitative estimate of drug-likeness (QED) is 0.678. The number of halogens is 1. The summed E-state index contributed by atoms with van der Waals surface area (Å²) in [5, 5.41) is 0. The van der Waals surface area contributed by atoms with Crippen LogP contribution in [0.3, 0.4) is 0 Å². The van der Waals surface area contributed by atoms with Crippen molar-refractivity contribution < 1.29 is 14.0 Å². The highest BCUT2D eigenvalue weighted by Gasteiger charge is 2.27. The van der Waals surface area contributed by atoms with E-state index < -0.39 is 5.82 Å². The number of benzene rings is 3. The minimum Gasteiger partial charge on any atom is -0.335 e. The van der Waals surface area contributed by atoms with Gasteiger partial charge in [0.05, 0.1) is 5.56 Å². The van der Waals surface area contributed by atoms with E-state index in [9.17, 15) is 14.0 Å². The summed E-state index contributed by atoms with van der Waals surface area (Å²) in [4.78, 5) is 29.2. The number of hydrogen-bond acceptors (Lipinski definition) is 2. The molecule has 4 nitrogen and oxygen atoms in total. The van der Waals surface area contributed by atoms with Crippen molar-refractivity contribution in [3.8, 4) is 11.1 Å². The van der Waals surface area contributed by atoms with Crippen LogP contribution < -0.4 is 0 Å². The lowest BCUT2D eigenvalue weighted by Crippen LogP contribution is -2.50. The van der Waals surface area contributed by atoms with E-state index in [0.717, 1.165) is 5.56 Å². The van der Waals surface area contributed by atoms with Gasteiger partial charge in [0.15, 0.2) is 0 Å². The van der Waals surface area contributed by atoms with Gasteiger partial charge in [-0.05, 0) is 35.4 Å². The van der Waals surface area contributed by atoms with Crippen molar-refractivity contribution in [3.05, 3.63) is 95.8 Å². The molecule has 0 bridgehead atoms. The number of piperazine rings is 1. The highest BCUT2D eigenvalue weighted by molar-refractivity contribution is 6.01. The minimum absolute atomic E-state index is 0.0339. The Kier molecular flexibility index (Phi) is 5.38. The molecular formula is C24H21FN2O2. The molecule has 29 heavy (non-hydrogen) atoms. The molecule has 5 heteroatoms. The average Bonchev–Trinajstić information content (AvgIpc) is 2.79. The molecule has 0 N–H and O–H groups in total. The molecule has 0 aliphatic carbocycles. The van der Waals surface area contributed by atoms with Crippen LogP contribution >= 0.6 is 0 Å². The molecule has 2 amide bonds. The summed E-state index contributed by atoms with van der Waals surface area (Å²) < 4.78 is 13.9. The van der Waals surface area contributed by atoms with Crippen LogP contribution in [-0.4, -0.2) is 47.8 Å². The van der Waals surface area contributed by atoms with Crippen LogP contribution in [0.2, 0.25) is 0 Å². The van der Waals surface area contributed by atoms with Crippen molar-refractivity contribution >= 4 is 11.8 Å². The normalized spacial score (nSPS) is 14.0. The molecule has 0 radical (unpaired) electrons. The van der Waals surface area contributed by atoms with Crippen molar-refractivity contribution in [2.24, 2.45) is 0 Å². The van der Waals surface area contributed by atoms with Crippen LogP contribution in [0.4, 0.5) is 4.39 Å². The topological polar surface area (TPSA) is 40.6 Å². The van der Waals surface area contributed by atoms with Crippen molar-refractivity contribution in [1.29, 1.82) is 0 Å². The van der Waals surface area contributed by atoms with Gasteiger partial charge < -0.3 is 9.80 Å². The first-order valence-electron chi connectivity index (χ1n) is 9.62. The highest BCUT2D eigenvalue weighted by Crippen LogP contribution is 2.26. The number of carbonyl (C=O) groups is 2. The molecule has 0 unspecified atom stereocenters. The van der Waals surface area contributed by atoms with Gasteiger partial charge in [0, 0.05) is 31.7 Å². The molecule has 1 aliphatic rings. The Morgan fingerprint density at radius 3 is 1.86 bits per heavy atom. The Bertz CT molecular complexity index is 1010. The number of carbonyl (C=O) groups excluding carboxylic acids is 2. The number of rotatable bonds is 3. The molecular weight excluding hydrogens is 367 g/mol. The van der Waals surface area contributed by atoms with Gasteiger partial charge in [-0.2, -0.15) is 0 Å². The van der Waals surface area contributed by atoms with Crippen molar-refractivity contribution in [3.63, 3.8) is 0 Å². The number of amides is 2. The standard InChI is InChI=1S/C24H21FN2O2/c25-20-11-12-21(18-7-3-1-4-8-18)22(17-20)24(29)27-15-13-26(14-16-27)23(28)19-9-5-2-6-10-19/h1-12,17H,13-16H2. The molecule has 4 rings (SSSR count). The average molecular weight is 388 g/mol. The molecule has 0 atom stereocenters. The summed E-state index contributed by atoms with van der Waals surface area (Å²) in [5.74, 6) is -0.686. The summed E-state index contributed by atoms with van der Waals surface area (Å²) in [6, 6.07) is 22.9. The van der Waals surface area contributed by atoms with Crippen LogP contribution in [0.25, 0.3) is 11.1 Å². The van der Waals surface area contributed by atoms with E-state index in [1.165, 1.54) is 12.1 Å². The van der Waals surface area contributed by atoms with Gasteiger partial charge in [-0.15, -0.1) is 0 Å². The van der Waals surface area contributed by atoms with E-state index in [-0.39, 0.29) is 11.8 Å². The maximum atomic E-state index is 13.9. The fraction of sp³-hybridized carbons (Fsp3) is 0.167. The van der Waals surface area contributed by atoms with Gasteiger partial charge >= 0.3 is 0 Å². The monoisotopic (exact) mass is 388 g/mol. The molecule has 0 saturated carbocycles. The van der Waals surface area contributed by atoms with Gasteiger partial charge in [0.25, 0.3) is 11.8 Å². The third-order valence-electron chi connectivity index (χ3n) is 5.17. The van der Waals surface area contributed by atoms with Crippen molar-refractivity contribution in [2.75, 3.05) is 26.2 Å². The third kappa shape index (κ3) is 4.04. The molecule has 1 saturated heterocycles. The zero-order valence-corrected chi connectivity index (χ0v) is 15.9. The third-order valence-corrected chi connectivity index (χ3v) is 5.17. The minimum atomic E-state index is -0.439. The zero-order chi connectivity index (χ0) is 20.2. The van der Waals surface area contributed by atoms with Crippen LogP contribution in [0.5, 0.6) is 0 Å². The molecule has 3 aromatic rings. The first kappa shape index (κ1) is 18.9. The fourth-order valence-electron chi connectivity index (χ4n) is 3.61. The SMILES string of the molecule is O=C(c1ccccc1)N1CCN(C(=O)c2cc(F)ccc2-c2ccccc2)CC1. The Balaban J connectivity index is 1.51. The summed E-state index contributed by atoms with van der Waals surface area (Å²) in [7, 11) is 0. The maximum Gasteiger partial charge on any atom is 0.254 e. The van der Waals surface area contributed by atoms with E-state index in [4.69, 9.17) is 0 Å². The summed E-state index contributed by atoms with van der Waals surface area (Å²) in [5.41, 5.74) is 2.57. The molecule has 0 spiro atoms. The van der Waals surface area contributed by atoms with E-state index in [1.54, 1.807) is 28.0 Å². The van der Waals surface area contributed by atoms with E-state index in [2.05, 4.69) is 0 Å². The molecule has 146 valence electrons. The van der Waals surface area contributed by atoms with Crippen molar-refractivity contribution in [2.45, 2.75) is 0 Å². The Hall–Kier alpha value is -3.47. The molecule has 1 heterocycles. The fourth-order valence-corrected chi connectivity index (χ4v) is 3.61. The smallest absolute Gasteiger partial charge is 0.254 e. The second-order valence-corrected chi connectivity index (χ2v) is 7.01. The lowest BCUT2D eigenvalue weighted by molar-refractivity contribution is 0.0535. The van der Waals surface area contributed by atoms with Crippen LogP contribution in [0.1, 0.15) is 20.7 Å². The second-order valence-electron chi connectivity index (χ2n) is 7.01. The van der Waals surface area contributed by atoms with E-state index in [1.807, 2.05) is 48.5 Å². The van der Waals surface area contributed by atoms with Gasteiger partial charge in [-0.25, -0.2) is 4.39 Å². The largest absolute Gasteiger partial charge is 0.335 e. The lowest BCUT2D eigenvalue weighted by Gasteiger charge is -2.35. The maximum absolute atomic E-state index is 13.9. The zero-order valence-electron chi connectivity index (χ0n) is 15.9. The highest BCUT2D eigenvalue weighted by atomic mass is 19.1. The molecule has 1 aliphatic heterocycles. The van der Waals surface area contributed by atoms with Crippen LogP contribution in [-0.2, 0) is 0 Å². The van der Waals surface area contributed by atoms with Gasteiger partial charge in [-0.3, -0.25) is 9.59 Å². The summed E-state index contributed by atoms with van der Waals surface area (Å²) in [6.07, 6.45) is 0. The molecule has 1 fully saturated rings. The Morgan fingerprint density at radius 2 is 1.24 bits per heavy atom.